The van der Waals surface area contributed by atoms with Crippen molar-refractivity contribution in [3.05, 3.63) is 18.2 Å². The minimum Gasteiger partial charge on any atom is -0.444 e. The number of amides is 1. The van der Waals surface area contributed by atoms with Gasteiger partial charge in [-0.3, -0.25) is 0 Å². The van der Waals surface area contributed by atoms with Gasteiger partial charge in [0, 0.05) is 30.9 Å². The Morgan fingerprint density at radius 3 is 2.60 bits per heavy atom. The Hall–Kier alpha value is -1.52. The van der Waals surface area contributed by atoms with Gasteiger partial charge in [0.25, 0.3) is 0 Å². The van der Waals surface area contributed by atoms with E-state index in [9.17, 15) is 4.79 Å². The van der Waals surface area contributed by atoms with Gasteiger partial charge in [-0.2, -0.15) is 0 Å². The molecule has 0 aliphatic carbocycles. The summed E-state index contributed by atoms with van der Waals surface area (Å²) in [5, 5.41) is 2.77. The van der Waals surface area contributed by atoms with Gasteiger partial charge in [0.2, 0.25) is 0 Å². The monoisotopic (exact) mass is 281 g/mol. The largest absolute Gasteiger partial charge is 0.444 e. The van der Waals surface area contributed by atoms with Crippen LogP contribution in [0.2, 0.25) is 0 Å². The highest BCUT2D eigenvalue weighted by Gasteiger charge is 2.16. The van der Waals surface area contributed by atoms with E-state index in [1.807, 2.05) is 33.3 Å². The highest BCUT2D eigenvalue weighted by Crippen LogP contribution is 2.18. The fraction of sp³-hybridized carbons (Fsp3) is 0.733. The third-order valence-corrected chi connectivity index (χ3v) is 3.20. The van der Waals surface area contributed by atoms with Crippen molar-refractivity contribution in [2.24, 2.45) is 5.92 Å². The van der Waals surface area contributed by atoms with Crippen LogP contribution in [0.1, 0.15) is 53.3 Å². The molecule has 1 rings (SSSR count). The number of carbonyl (C=O) groups excluding carboxylic acids is 1. The van der Waals surface area contributed by atoms with Crippen molar-refractivity contribution < 1.29 is 9.53 Å². The van der Waals surface area contributed by atoms with E-state index in [0.717, 1.165) is 12.1 Å². The van der Waals surface area contributed by atoms with Gasteiger partial charge < -0.3 is 14.6 Å². The molecule has 0 spiro atoms. The molecule has 0 bridgehead atoms. The lowest BCUT2D eigenvalue weighted by Crippen LogP contribution is -2.33. The van der Waals surface area contributed by atoms with Crippen molar-refractivity contribution in [3.63, 3.8) is 0 Å². The van der Waals surface area contributed by atoms with Gasteiger partial charge in [0.15, 0.2) is 0 Å². The van der Waals surface area contributed by atoms with Crippen LogP contribution in [0.4, 0.5) is 4.79 Å². The minimum atomic E-state index is -0.460. The molecule has 1 unspecified atom stereocenters. The summed E-state index contributed by atoms with van der Waals surface area (Å²) in [4.78, 5) is 15.8. The van der Waals surface area contributed by atoms with Crippen LogP contribution in [0.3, 0.4) is 0 Å². The van der Waals surface area contributed by atoms with Crippen LogP contribution in [-0.4, -0.2) is 27.8 Å². The van der Waals surface area contributed by atoms with E-state index in [-0.39, 0.29) is 6.09 Å². The molecule has 0 aliphatic heterocycles. The van der Waals surface area contributed by atoms with Gasteiger partial charge in [-0.05, 0) is 33.6 Å². The molecule has 1 atom stereocenters. The quantitative estimate of drug-likeness (QED) is 0.902. The smallest absolute Gasteiger partial charge is 0.407 e. The predicted octanol–water partition coefficient (Wildman–Crippen LogP) is 3.17. The average Bonchev–Trinajstić information content (AvgIpc) is 2.73. The van der Waals surface area contributed by atoms with Crippen LogP contribution in [0.25, 0.3) is 0 Å². The molecule has 1 N–H and O–H groups in total. The van der Waals surface area contributed by atoms with E-state index >= 15 is 0 Å². The van der Waals surface area contributed by atoms with Crippen molar-refractivity contribution in [1.82, 2.24) is 14.9 Å². The molecular formula is C15H27N3O2. The molecule has 0 saturated heterocycles. The van der Waals surface area contributed by atoms with Crippen molar-refractivity contribution >= 4 is 6.09 Å². The van der Waals surface area contributed by atoms with Crippen molar-refractivity contribution in [2.75, 3.05) is 6.54 Å². The van der Waals surface area contributed by atoms with Crippen LogP contribution >= 0.6 is 0 Å². The fourth-order valence-electron chi connectivity index (χ4n) is 1.82. The lowest BCUT2D eigenvalue weighted by Gasteiger charge is -2.21. The van der Waals surface area contributed by atoms with Crippen molar-refractivity contribution in [2.45, 2.75) is 59.6 Å². The zero-order valence-electron chi connectivity index (χ0n) is 13.4. The normalized spacial score (nSPS) is 13.3. The average molecular weight is 281 g/mol. The number of nitrogens with one attached hydrogen (secondary N) is 1. The van der Waals surface area contributed by atoms with E-state index in [1.165, 1.54) is 0 Å². The number of carbonyl (C=O) groups is 1. The van der Waals surface area contributed by atoms with Gasteiger partial charge >= 0.3 is 6.09 Å². The third-order valence-electron chi connectivity index (χ3n) is 3.20. The minimum absolute atomic E-state index is 0.375. The maximum absolute atomic E-state index is 11.6. The summed E-state index contributed by atoms with van der Waals surface area (Å²) < 4.78 is 7.37. The van der Waals surface area contributed by atoms with Gasteiger partial charge in [0.1, 0.15) is 5.60 Å². The Kier molecular flexibility index (Phi) is 5.60. The standard InChI is InChI=1S/C15H27N3O2/c1-11(2)12(3)18-10-16-9-13(18)7-8-17-14(19)20-15(4,5)6/h9-12H,7-8H2,1-6H3,(H,17,19). The number of alkyl carbamates (subject to hydrolysis) is 1. The van der Waals surface area contributed by atoms with Crippen molar-refractivity contribution in [1.29, 1.82) is 0 Å². The van der Waals surface area contributed by atoms with Crippen LogP contribution in [0.15, 0.2) is 12.5 Å². The topological polar surface area (TPSA) is 56.2 Å². The molecule has 1 amide bonds. The number of hydrogen-bond donors (Lipinski definition) is 1. The molecule has 20 heavy (non-hydrogen) atoms. The van der Waals surface area contributed by atoms with Gasteiger partial charge in [-0.15, -0.1) is 0 Å². The molecule has 0 aromatic carbocycles. The molecule has 1 aromatic rings. The second-order valence-electron chi connectivity index (χ2n) is 6.46. The third kappa shape index (κ3) is 5.23. The maximum atomic E-state index is 11.6. The first kappa shape index (κ1) is 16.5. The van der Waals surface area contributed by atoms with Crippen LogP contribution in [0.5, 0.6) is 0 Å². The second-order valence-corrected chi connectivity index (χ2v) is 6.46. The number of imidazole rings is 1. The maximum Gasteiger partial charge on any atom is 0.407 e. The highest BCUT2D eigenvalue weighted by atomic mass is 16.6. The van der Waals surface area contributed by atoms with Crippen LogP contribution < -0.4 is 5.32 Å². The summed E-state index contributed by atoms with van der Waals surface area (Å²) in [5.74, 6) is 0.543. The molecule has 0 fully saturated rings. The van der Waals surface area contributed by atoms with E-state index in [0.29, 0.717) is 18.5 Å². The van der Waals surface area contributed by atoms with E-state index in [2.05, 4.69) is 35.6 Å². The lowest BCUT2D eigenvalue weighted by molar-refractivity contribution is 0.0528. The number of rotatable bonds is 5. The van der Waals surface area contributed by atoms with Gasteiger partial charge in [-0.25, -0.2) is 9.78 Å². The number of ether oxygens (including phenoxy) is 1. The van der Waals surface area contributed by atoms with E-state index in [4.69, 9.17) is 4.74 Å². The predicted molar refractivity (Wildman–Crippen MR) is 79.7 cm³/mol. The number of nitrogens with zero attached hydrogens (tertiary/aromatic N) is 2. The summed E-state index contributed by atoms with van der Waals surface area (Å²) in [6, 6.07) is 0.397. The first-order chi connectivity index (χ1) is 9.20. The molecule has 0 aliphatic rings. The van der Waals surface area contributed by atoms with E-state index in [1.54, 1.807) is 0 Å². The summed E-state index contributed by atoms with van der Waals surface area (Å²) in [7, 11) is 0. The molecule has 1 heterocycles. The summed E-state index contributed by atoms with van der Waals surface area (Å²) in [6.07, 6.45) is 4.08. The summed E-state index contributed by atoms with van der Waals surface area (Å²) in [6.45, 7) is 12.7. The Bertz CT molecular complexity index is 433. The zero-order valence-corrected chi connectivity index (χ0v) is 13.4. The van der Waals surface area contributed by atoms with Gasteiger partial charge in [-0.1, -0.05) is 13.8 Å². The van der Waals surface area contributed by atoms with Crippen molar-refractivity contribution in [3.8, 4) is 0 Å². The summed E-state index contributed by atoms with van der Waals surface area (Å²) >= 11 is 0. The number of hydrogen-bond acceptors (Lipinski definition) is 3. The second kappa shape index (κ2) is 6.77. The van der Waals surface area contributed by atoms with E-state index < -0.39 is 5.60 Å². The van der Waals surface area contributed by atoms with Crippen LogP contribution in [0, 0.1) is 5.92 Å². The Morgan fingerprint density at radius 1 is 1.40 bits per heavy atom. The first-order valence-corrected chi connectivity index (χ1v) is 7.18. The Morgan fingerprint density at radius 2 is 2.05 bits per heavy atom. The molecular weight excluding hydrogens is 254 g/mol. The molecule has 114 valence electrons. The fourth-order valence-corrected chi connectivity index (χ4v) is 1.82. The first-order valence-electron chi connectivity index (χ1n) is 7.18. The SMILES string of the molecule is CC(C)C(C)n1cncc1CCNC(=O)OC(C)(C)C. The zero-order chi connectivity index (χ0) is 15.3. The van der Waals surface area contributed by atoms with Crippen LogP contribution in [-0.2, 0) is 11.2 Å². The Labute approximate surface area is 121 Å². The van der Waals surface area contributed by atoms with Gasteiger partial charge in [0.05, 0.1) is 6.33 Å². The Balaban J connectivity index is 2.47. The highest BCUT2D eigenvalue weighted by molar-refractivity contribution is 5.67. The summed E-state index contributed by atoms with van der Waals surface area (Å²) in [5.41, 5.74) is 0.667. The number of aromatic nitrogens is 2. The lowest BCUT2D eigenvalue weighted by atomic mass is 10.1. The molecule has 0 saturated carbocycles. The molecule has 1 aromatic heterocycles. The molecule has 5 heteroatoms. The molecule has 5 nitrogen and oxygen atoms in total. The molecule has 0 radical (unpaired) electrons.